The summed E-state index contributed by atoms with van der Waals surface area (Å²) in [6.45, 7) is 0. The second-order valence-corrected chi connectivity index (χ2v) is 3.50. The SMILES string of the molecule is Cn1cnc(C(O)c2cscn2)c1. The number of hydrogen-bond acceptors (Lipinski definition) is 4. The van der Waals surface area contributed by atoms with Gasteiger partial charge in [-0.2, -0.15) is 0 Å². The number of hydrogen-bond donors (Lipinski definition) is 1. The minimum absolute atomic E-state index is 0.633. The first-order valence-corrected chi connectivity index (χ1v) is 4.75. The smallest absolute Gasteiger partial charge is 0.140 e. The highest BCUT2D eigenvalue weighted by Crippen LogP contribution is 2.19. The van der Waals surface area contributed by atoms with E-state index >= 15 is 0 Å². The van der Waals surface area contributed by atoms with Gasteiger partial charge in [-0.1, -0.05) is 0 Å². The quantitative estimate of drug-likeness (QED) is 0.776. The van der Waals surface area contributed by atoms with Crippen LogP contribution in [0, 0.1) is 0 Å². The molecule has 0 fully saturated rings. The Morgan fingerprint density at radius 1 is 1.46 bits per heavy atom. The molecule has 0 amide bonds. The summed E-state index contributed by atoms with van der Waals surface area (Å²) < 4.78 is 1.80. The van der Waals surface area contributed by atoms with Gasteiger partial charge in [-0.25, -0.2) is 9.97 Å². The Morgan fingerprint density at radius 3 is 2.85 bits per heavy atom. The van der Waals surface area contributed by atoms with E-state index in [2.05, 4.69) is 9.97 Å². The van der Waals surface area contributed by atoms with Crippen LogP contribution in [0.2, 0.25) is 0 Å². The molecule has 13 heavy (non-hydrogen) atoms. The van der Waals surface area contributed by atoms with Gasteiger partial charge in [-0.15, -0.1) is 11.3 Å². The second kappa shape index (κ2) is 3.27. The van der Waals surface area contributed by atoms with Gasteiger partial charge in [0.25, 0.3) is 0 Å². The van der Waals surface area contributed by atoms with Gasteiger partial charge in [-0.05, 0) is 0 Å². The van der Waals surface area contributed by atoms with Crippen LogP contribution in [-0.4, -0.2) is 19.6 Å². The minimum atomic E-state index is -0.701. The molecule has 0 aliphatic carbocycles. The van der Waals surface area contributed by atoms with Gasteiger partial charge in [0.15, 0.2) is 0 Å². The molecule has 2 aromatic heterocycles. The maximum Gasteiger partial charge on any atom is 0.140 e. The maximum atomic E-state index is 9.76. The van der Waals surface area contributed by atoms with E-state index in [0.717, 1.165) is 0 Å². The molecule has 0 bridgehead atoms. The molecule has 4 nitrogen and oxygen atoms in total. The van der Waals surface area contributed by atoms with Crippen LogP contribution in [-0.2, 0) is 7.05 Å². The molecule has 0 aromatic carbocycles. The third-order valence-electron chi connectivity index (χ3n) is 1.74. The Balaban J connectivity index is 2.28. The van der Waals surface area contributed by atoms with Gasteiger partial charge in [0.05, 0.1) is 23.2 Å². The summed E-state index contributed by atoms with van der Waals surface area (Å²) in [5, 5.41) is 11.6. The summed E-state index contributed by atoms with van der Waals surface area (Å²) in [6, 6.07) is 0. The van der Waals surface area contributed by atoms with Crippen molar-refractivity contribution in [2.45, 2.75) is 6.10 Å². The van der Waals surface area contributed by atoms with Crippen molar-refractivity contribution >= 4 is 11.3 Å². The number of aryl methyl sites for hydroxylation is 1. The van der Waals surface area contributed by atoms with Gasteiger partial charge in [0, 0.05) is 18.6 Å². The van der Waals surface area contributed by atoms with E-state index in [1.54, 1.807) is 22.6 Å². The van der Waals surface area contributed by atoms with Crippen molar-refractivity contribution in [1.29, 1.82) is 0 Å². The molecule has 0 radical (unpaired) electrons. The lowest BCUT2D eigenvalue weighted by atomic mass is 10.2. The number of aliphatic hydroxyl groups is 1. The van der Waals surface area contributed by atoms with E-state index in [9.17, 15) is 5.11 Å². The summed E-state index contributed by atoms with van der Waals surface area (Å²) in [7, 11) is 1.87. The third-order valence-corrected chi connectivity index (χ3v) is 2.34. The van der Waals surface area contributed by atoms with Crippen molar-refractivity contribution in [2.24, 2.45) is 7.05 Å². The van der Waals surface area contributed by atoms with E-state index in [1.165, 1.54) is 11.3 Å². The van der Waals surface area contributed by atoms with E-state index in [0.29, 0.717) is 11.4 Å². The van der Waals surface area contributed by atoms with Crippen LogP contribution in [0.1, 0.15) is 17.5 Å². The second-order valence-electron chi connectivity index (χ2n) is 2.78. The normalized spacial score (nSPS) is 13.1. The Labute approximate surface area is 79.5 Å². The topological polar surface area (TPSA) is 50.9 Å². The molecule has 2 heterocycles. The number of thiazole rings is 1. The number of aromatic nitrogens is 3. The molecule has 1 unspecified atom stereocenters. The van der Waals surface area contributed by atoms with E-state index in [1.807, 2.05) is 12.4 Å². The molecule has 2 aromatic rings. The number of imidazole rings is 1. The zero-order valence-electron chi connectivity index (χ0n) is 7.08. The Bertz CT molecular complexity index is 382. The Hall–Kier alpha value is -1.20. The van der Waals surface area contributed by atoms with Gasteiger partial charge >= 0.3 is 0 Å². The van der Waals surface area contributed by atoms with Gasteiger partial charge in [0.2, 0.25) is 0 Å². The summed E-state index contributed by atoms with van der Waals surface area (Å²) in [4.78, 5) is 8.07. The van der Waals surface area contributed by atoms with Crippen LogP contribution in [0.5, 0.6) is 0 Å². The molecular weight excluding hydrogens is 186 g/mol. The lowest BCUT2D eigenvalue weighted by Crippen LogP contribution is -1.99. The molecular formula is C8H9N3OS. The summed E-state index contributed by atoms with van der Waals surface area (Å²) in [5.41, 5.74) is 2.98. The lowest BCUT2D eigenvalue weighted by Gasteiger charge is -2.02. The molecule has 0 aliphatic heterocycles. The standard InChI is InChI=1S/C8H9N3OS/c1-11-2-6(9-4-11)8(12)7-3-13-5-10-7/h2-5,8,12H,1H3. The largest absolute Gasteiger partial charge is 0.380 e. The van der Waals surface area contributed by atoms with Gasteiger partial charge in [-0.3, -0.25) is 0 Å². The van der Waals surface area contributed by atoms with Crippen LogP contribution in [0.3, 0.4) is 0 Å². The highest BCUT2D eigenvalue weighted by molar-refractivity contribution is 7.07. The first-order chi connectivity index (χ1) is 6.27. The van der Waals surface area contributed by atoms with Crippen molar-refractivity contribution in [3.8, 4) is 0 Å². The highest BCUT2D eigenvalue weighted by Gasteiger charge is 2.14. The predicted molar refractivity (Wildman–Crippen MR) is 49.4 cm³/mol. The monoisotopic (exact) mass is 195 g/mol. The average Bonchev–Trinajstić information content (AvgIpc) is 2.72. The molecule has 0 saturated heterocycles. The fraction of sp³-hybridized carbons (Fsp3) is 0.250. The van der Waals surface area contributed by atoms with Crippen molar-refractivity contribution < 1.29 is 5.11 Å². The highest BCUT2D eigenvalue weighted by atomic mass is 32.1. The lowest BCUT2D eigenvalue weighted by molar-refractivity contribution is 0.211. The number of rotatable bonds is 2. The van der Waals surface area contributed by atoms with E-state index < -0.39 is 6.10 Å². The molecule has 1 N–H and O–H groups in total. The number of aliphatic hydroxyl groups excluding tert-OH is 1. The van der Waals surface area contributed by atoms with Crippen molar-refractivity contribution in [3.05, 3.63) is 34.8 Å². The van der Waals surface area contributed by atoms with Crippen LogP contribution in [0.15, 0.2) is 23.4 Å². The van der Waals surface area contributed by atoms with Crippen LogP contribution in [0.25, 0.3) is 0 Å². The van der Waals surface area contributed by atoms with Crippen molar-refractivity contribution in [3.63, 3.8) is 0 Å². The summed E-state index contributed by atoms with van der Waals surface area (Å²) in [6.07, 6.45) is 2.74. The first-order valence-electron chi connectivity index (χ1n) is 3.81. The summed E-state index contributed by atoms with van der Waals surface area (Å²) in [5.74, 6) is 0. The van der Waals surface area contributed by atoms with Crippen molar-refractivity contribution in [2.75, 3.05) is 0 Å². The zero-order chi connectivity index (χ0) is 9.26. The number of nitrogens with zero attached hydrogens (tertiary/aromatic N) is 3. The van der Waals surface area contributed by atoms with Gasteiger partial charge < -0.3 is 9.67 Å². The van der Waals surface area contributed by atoms with Gasteiger partial charge in [0.1, 0.15) is 6.10 Å². The zero-order valence-corrected chi connectivity index (χ0v) is 7.90. The Morgan fingerprint density at radius 2 is 2.31 bits per heavy atom. The van der Waals surface area contributed by atoms with E-state index in [-0.39, 0.29) is 0 Å². The average molecular weight is 195 g/mol. The van der Waals surface area contributed by atoms with Crippen LogP contribution < -0.4 is 0 Å². The molecule has 0 spiro atoms. The first kappa shape index (κ1) is 8.40. The van der Waals surface area contributed by atoms with Crippen LogP contribution >= 0.6 is 11.3 Å². The molecule has 68 valence electrons. The fourth-order valence-corrected chi connectivity index (χ4v) is 1.66. The predicted octanol–water partition coefficient (Wildman–Crippen LogP) is 0.958. The molecule has 2 rings (SSSR count). The fourth-order valence-electron chi connectivity index (χ4n) is 1.08. The van der Waals surface area contributed by atoms with Crippen molar-refractivity contribution in [1.82, 2.24) is 14.5 Å². The third kappa shape index (κ3) is 1.61. The maximum absolute atomic E-state index is 9.76. The Kier molecular flexibility index (Phi) is 2.12. The minimum Gasteiger partial charge on any atom is -0.380 e. The molecule has 0 aliphatic rings. The summed E-state index contributed by atoms with van der Waals surface area (Å²) >= 11 is 1.46. The molecule has 5 heteroatoms. The van der Waals surface area contributed by atoms with Crippen LogP contribution in [0.4, 0.5) is 0 Å². The van der Waals surface area contributed by atoms with E-state index in [4.69, 9.17) is 0 Å². The molecule has 1 atom stereocenters. The molecule has 0 saturated carbocycles.